The van der Waals surface area contributed by atoms with Gasteiger partial charge in [0.15, 0.2) is 11.5 Å². The molecule has 0 aromatic heterocycles. The van der Waals surface area contributed by atoms with E-state index >= 15 is 0 Å². The third kappa shape index (κ3) is 5.52. The SMILES string of the molecule is COC(=O)c1ccc(Cl)c(NCCC(=O)Nc2ccc(OC)c(OC)c2)c1. The van der Waals surface area contributed by atoms with Crippen LogP contribution in [0.5, 0.6) is 11.5 Å². The van der Waals surface area contributed by atoms with Gasteiger partial charge in [-0.05, 0) is 30.3 Å². The molecule has 0 unspecified atom stereocenters. The molecular formula is C19H21ClN2O5. The Morgan fingerprint density at radius 1 is 1.00 bits per heavy atom. The van der Waals surface area contributed by atoms with Crippen LogP contribution in [0.25, 0.3) is 0 Å². The van der Waals surface area contributed by atoms with Crippen molar-refractivity contribution in [2.75, 3.05) is 38.5 Å². The predicted octanol–water partition coefficient (Wildman–Crippen LogP) is 3.58. The van der Waals surface area contributed by atoms with Gasteiger partial charge in [0.05, 0.1) is 37.6 Å². The van der Waals surface area contributed by atoms with E-state index in [1.807, 2.05) is 0 Å². The maximum Gasteiger partial charge on any atom is 0.337 e. The number of halogens is 1. The van der Waals surface area contributed by atoms with Crippen LogP contribution in [0, 0.1) is 0 Å². The molecule has 2 aromatic carbocycles. The third-order valence-electron chi connectivity index (χ3n) is 3.72. The number of benzene rings is 2. The summed E-state index contributed by atoms with van der Waals surface area (Å²) in [6.07, 6.45) is 0.202. The quantitative estimate of drug-likeness (QED) is 0.668. The fraction of sp³-hybridized carbons (Fsp3) is 0.263. The van der Waals surface area contributed by atoms with Gasteiger partial charge < -0.3 is 24.8 Å². The Hall–Kier alpha value is -2.93. The lowest BCUT2D eigenvalue weighted by Crippen LogP contribution is -2.16. The zero-order valence-electron chi connectivity index (χ0n) is 15.3. The normalized spacial score (nSPS) is 10.1. The second kappa shape index (κ2) is 9.68. The zero-order chi connectivity index (χ0) is 19.8. The molecule has 0 spiro atoms. The Bertz CT molecular complexity index is 826. The Morgan fingerprint density at radius 2 is 1.74 bits per heavy atom. The first-order valence-electron chi connectivity index (χ1n) is 8.12. The van der Waals surface area contributed by atoms with Crippen LogP contribution in [0.4, 0.5) is 11.4 Å². The van der Waals surface area contributed by atoms with Gasteiger partial charge in [-0.1, -0.05) is 11.6 Å². The van der Waals surface area contributed by atoms with Gasteiger partial charge in [-0.3, -0.25) is 4.79 Å². The summed E-state index contributed by atoms with van der Waals surface area (Å²) in [6, 6.07) is 9.87. The monoisotopic (exact) mass is 392 g/mol. The molecule has 0 heterocycles. The minimum absolute atomic E-state index is 0.185. The minimum atomic E-state index is -0.457. The number of nitrogens with one attached hydrogen (secondary N) is 2. The highest BCUT2D eigenvalue weighted by atomic mass is 35.5. The highest BCUT2D eigenvalue weighted by Crippen LogP contribution is 2.29. The molecule has 8 heteroatoms. The second-order valence-electron chi connectivity index (χ2n) is 5.48. The van der Waals surface area contributed by atoms with Crippen molar-refractivity contribution in [3.8, 4) is 11.5 Å². The summed E-state index contributed by atoms with van der Waals surface area (Å²) in [5.74, 6) is 0.466. The second-order valence-corrected chi connectivity index (χ2v) is 5.89. The first-order chi connectivity index (χ1) is 13.0. The van der Waals surface area contributed by atoms with E-state index in [1.54, 1.807) is 43.5 Å². The highest BCUT2D eigenvalue weighted by molar-refractivity contribution is 6.33. The molecule has 1 amide bonds. The average molecular weight is 393 g/mol. The Balaban J connectivity index is 1.92. The van der Waals surface area contributed by atoms with E-state index in [2.05, 4.69) is 15.4 Å². The number of rotatable bonds is 8. The summed E-state index contributed by atoms with van der Waals surface area (Å²) < 4.78 is 15.1. The molecule has 0 aliphatic heterocycles. The first-order valence-corrected chi connectivity index (χ1v) is 8.50. The van der Waals surface area contributed by atoms with Gasteiger partial charge in [-0.2, -0.15) is 0 Å². The standard InChI is InChI=1S/C19H21ClN2O5/c1-25-16-7-5-13(11-17(16)26-2)22-18(23)8-9-21-15-10-12(19(24)27-3)4-6-14(15)20/h4-7,10-11,21H,8-9H2,1-3H3,(H,22,23). The van der Waals surface area contributed by atoms with Crippen molar-refractivity contribution in [2.45, 2.75) is 6.42 Å². The van der Waals surface area contributed by atoms with Crippen molar-refractivity contribution in [3.63, 3.8) is 0 Å². The lowest BCUT2D eigenvalue weighted by Gasteiger charge is -2.12. The summed E-state index contributed by atoms with van der Waals surface area (Å²) >= 11 is 6.11. The molecule has 0 aliphatic rings. The number of amides is 1. The van der Waals surface area contributed by atoms with Crippen LogP contribution in [-0.4, -0.2) is 39.8 Å². The molecule has 7 nitrogen and oxygen atoms in total. The Labute approximate surface area is 162 Å². The molecule has 2 aromatic rings. The molecule has 0 fully saturated rings. The third-order valence-corrected chi connectivity index (χ3v) is 4.05. The van der Waals surface area contributed by atoms with E-state index in [0.717, 1.165) is 0 Å². The van der Waals surface area contributed by atoms with Gasteiger partial charge >= 0.3 is 5.97 Å². The van der Waals surface area contributed by atoms with Gasteiger partial charge in [-0.15, -0.1) is 0 Å². The van der Waals surface area contributed by atoms with E-state index in [0.29, 0.717) is 40.0 Å². The Morgan fingerprint density at radius 3 is 2.41 bits per heavy atom. The van der Waals surface area contributed by atoms with Crippen LogP contribution < -0.4 is 20.1 Å². The molecule has 0 aliphatic carbocycles. The smallest absolute Gasteiger partial charge is 0.337 e. The largest absolute Gasteiger partial charge is 0.493 e. The van der Waals surface area contributed by atoms with Crippen LogP contribution in [-0.2, 0) is 9.53 Å². The van der Waals surface area contributed by atoms with Crippen LogP contribution in [0.2, 0.25) is 5.02 Å². The number of carbonyl (C=O) groups is 2. The van der Waals surface area contributed by atoms with Crippen molar-refractivity contribution in [3.05, 3.63) is 47.0 Å². The average Bonchev–Trinajstić information content (AvgIpc) is 2.68. The summed E-state index contributed by atoms with van der Waals surface area (Å²) in [5, 5.41) is 6.28. The van der Waals surface area contributed by atoms with Gasteiger partial charge in [0.25, 0.3) is 0 Å². The van der Waals surface area contributed by atoms with Crippen molar-refractivity contribution in [1.82, 2.24) is 0 Å². The lowest BCUT2D eigenvalue weighted by molar-refractivity contribution is -0.115. The van der Waals surface area contributed by atoms with Gasteiger partial charge in [-0.25, -0.2) is 4.79 Å². The summed E-state index contributed by atoms with van der Waals surface area (Å²) in [4.78, 5) is 23.7. The summed E-state index contributed by atoms with van der Waals surface area (Å²) in [6.45, 7) is 0.337. The fourth-order valence-electron chi connectivity index (χ4n) is 2.35. The summed E-state index contributed by atoms with van der Waals surface area (Å²) in [5.41, 5.74) is 1.53. The van der Waals surface area contributed by atoms with E-state index in [-0.39, 0.29) is 12.3 Å². The number of esters is 1. The van der Waals surface area contributed by atoms with Gasteiger partial charge in [0, 0.05) is 24.7 Å². The van der Waals surface area contributed by atoms with E-state index in [1.165, 1.54) is 14.2 Å². The number of hydrogen-bond donors (Lipinski definition) is 2. The van der Waals surface area contributed by atoms with Crippen molar-refractivity contribution in [1.29, 1.82) is 0 Å². The molecule has 0 atom stereocenters. The molecule has 144 valence electrons. The zero-order valence-corrected chi connectivity index (χ0v) is 16.1. The fourth-order valence-corrected chi connectivity index (χ4v) is 2.54. The molecule has 0 radical (unpaired) electrons. The van der Waals surface area contributed by atoms with E-state index in [4.69, 9.17) is 21.1 Å². The van der Waals surface area contributed by atoms with Gasteiger partial charge in [0.1, 0.15) is 0 Å². The van der Waals surface area contributed by atoms with Crippen LogP contribution in [0.3, 0.4) is 0 Å². The van der Waals surface area contributed by atoms with Crippen LogP contribution >= 0.6 is 11.6 Å². The highest BCUT2D eigenvalue weighted by Gasteiger charge is 2.10. The molecular weight excluding hydrogens is 372 g/mol. The maximum atomic E-state index is 12.1. The number of anilines is 2. The van der Waals surface area contributed by atoms with Crippen molar-refractivity contribution < 1.29 is 23.8 Å². The minimum Gasteiger partial charge on any atom is -0.493 e. The predicted molar refractivity (Wildman–Crippen MR) is 104 cm³/mol. The number of ether oxygens (including phenoxy) is 3. The van der Waals surface area contributed by atoms with Crippen LogP contribution in [0.15, 0.2) is 36.4 Å². The van der Waals surface area contributed by atoms with Crippen molar-refractivity contribution in [2.24, 2.45) is 0 Å². The van der Waals surface area contributed by atoms with E-state index < -0.39 is 5.97 Å². The topological polar surface area (TPSA) is 85.9 Å². The Kier molecular flexibility index (Phi) is 7.31. The lowest BCUT2D eigenvalue weighted by atomic mass is 10.2. The van der Waals surface area contributed by atoms with E-state index in [9.17, 15) is 9.59 Å². The molecule has 2 N–H and O–H groups in total. The van der Waals surface area contributed by atoms with Crippen molar-refractivity contribution >= 4 is 34.9 Å². The number of hydrogen-bond acceptors (Lipinski definition) is 6. The van der Waals surface area contributed by atoms with Crippen LogP contribution in [0.1, 0.15) is 16.8 Å². The molecule has 0 bridgehead atoms. The molecule has 0 saturated heterocycles. The molecule has 2 rings (SSSR count). The number of carbonyl (C=O) groups excluding carboxylic acids is 2. The number of methoxy groups -OCH3 is 3. The first kappa shape index (κ1) is 20.4. The molecule has 0 saturated carbocycles. The molecule has 27 heavy (non-hydrogen) atoms. The maximum absolute atomic E-state index is 12.1. The summed E-state index contributed by atoms with van der Waals surface area (Å²) in [7, 11) is 4.38. The van der Waals surface area contributed by atoms with Gasteiger partial charge in [0.2, 0.25) is 5.91 Å².